The second-order valence-electron chi connectivity index (χ2n) is 7.35. The van der Waals surface area contributed by atoms with Crippen LogP contribution in [0.5, 0.6) is 11.5 Å². The van der Waals surface area contributed by atoms with Gasteiger partial charge in [0, 0.05) is 12.8 Å². The molecule has 31 heavy (non-hydrogen) atoms. The molecule has 0 aliphatic rings. The molecular formula is C28H24O3. The van der Waals surface area contributed by atoms with Crippen molar-refractivity contribution in [3.05, 3.63) is 131 Å². The predicted molar refractivity (Wildman–Crippen MR) is 122 cm³/mol. The molecule has 154 valence electrons. The van der Waals surface area contributed by atoms with Crippen molar-refractivity contribution in [2.45, 2.75) is 19.4 Å². The van der Waals surface area contributed by atoms with E-state index in [1.54, 1.807) is 0 Å². The van der Waals surface area contributed by atoms with Gasteiger partial charge < -0.3 is 9.47 Å². The fourth-order valence-electron chi connectivity index (χ4n) is 3.61. The lowest BCUT2D eigenvalue weighted by atomic mass is 9.85. The Morgan fingerprint density at radius 1 is 0.645 bits per heavy atom. The summed E-state index contributed by atoms with van der Waals surface area (Å²) in [5.41, 5.74) is 4.63. The largest absolute Gasteiger partial charge is 0.489 e. The molecule has 4 aromatic rings. The lowest BCUT2D eigenvalue weighted by Gasteiger charge is -2.19. The maximum Gasteiger partial charge on any atom is 0.308 e. The molecule has 3 nitrogen and oxygen atoms in total. The summed E-state index contributed by atoms with van der Waals surface area (Å²) in [5.74, 6) is 1.13. The first-order valence-corrected chi connectivity index (χ1v) is 10.3. The Balaban J connectivity index is 1.58. The summed E-state index contributed by atoms with van der Waals surface area (Å²) in [7, 11) is 0. The van der Waals surface area contributed by atoms with Gasteiger partial charge in [0.1, 0.15) is 18.1 Å². The summed E-state index contributed by atoms with van der Waals surface area (Å²) >= 11 is 0. The molecule has 0 aromatic heterocycles. The van der Waals surface area contributed by atoms with Gasteiger partial charge in [-0.2, -0.15) is 0 Å². The Morgan fingerprint density at radius 3 is 1.68 bits per heavy atom. The lowest BCUT2D eigenvalue weighted by molar-refractivity contribution is -0.131. The van der Waals surface area contributed by atoms with E-state index in [-0.39, 0.29) is 11.9 Å². The van der Waals surface area contributed by atoms with Crippen LogP contribution in [0.15, 0.2) is 109 Å². The van der Waals surface area contributed by atoms with E-state index in [2.05, 4.69) is 36.4 Å². The summed E-state index contributed by atoms with van der Waals surface area (Å²) in [5, 5.41) is 0. The van der Waals surface area contributed by atoms with Gasteiger partial charge in [-0.05, 0) is 46.5 Å². The first-order valence-electron chi connectivity index (χ1n) is 10.3. The number of hydrogen-bond acceptors (Lipinski definition) is 3. The second-order valence-corrected chi connectivity index (χ2v) is 7.35. The van der Waals surface area contributed by atoms with Crippen LogP contribution >= 0.6 is 0 Å². The van der Waals surface area contributed by atoms with Crippen LogP contribution in [0, 0.1) is 0 Å². The van der Waals surface area contributed by atoms with Crippen molar-refractivity contribution in [3.8, 4) is 11.5 Å². The van der Waals surface area contributed by atoms with Crippen LogP contribution in [0.4, 0.5) is 0 Å². The SMILES string of the molecule is CC(=O)Oc1ccc(C(c2ccccc2)c2ccc(OCc3ccccc3)cc2)cc1. The van der Waals surface area contributed by atoms with Gasteiger partial charge in [0.15, 0.2) is 0 Å². The molecule has 4 rings (SSSR count). The van der Waals surface area contributed by atoms with Crippen molar-refractivity contribution in [3.63, 3.8) is 0 Å². The van der Waals surface area contributed by atoms with Crippen LogP contribution in [-0.2, 0) is 11.4 Å². The zero-order valence-electron chi connectivity index (χ0n) is 17.4. The molecule has 0 aliphatic carbocycles. The van der Waals surface area contributed by atoms with Crippen molar-refractivity contribution < 1.29 is 14.3 Å². The van der Waals surface area contributed by atoms with Gasteiger partial charge in [-0.1, -0.05) is 84.9 Å². The number of benzene rings is 4. The molecule has 0 saturated carbocycles. The highest BCUT2D eigenvalue weighted by Gasteiger charge is 2.17. The highest BCUT2D eigenvalue weighted by atomic mass is 16.5. The van der Waals surface area contributed by atoms with Crippen molar-refractivity contribution >= 4 is 5.97 Å². The molecule has 0 fully saturated rings. The van der Waals surface area contributed by atoms with Gasteiger partial charge in [0.25, 0.3) is 0 Å². The molecule has 1 unspecified atom stereocenters. The van der Waals surface area contributed by atoms with Crippen molar-refractivity contribution in [2.24, 2.45) is 0 Å². The van der Waals surface area contributed by atoms with E-state index in [9.17, 15) is 4.79 Å². The number of hydrogen-bond donors (Lipinski definition) is 0. The first kappa shape index (κ1) is 20.4. The molecule has 0 aliphatic heterocycles. The molecule has 0 saturated heterocycles. The van der Waals surface area contributed by atoms with Crippen molar-refractivity contribution in [1.82, 2.24) is 0 Å². The van der Waals surface area contributed by atoms with Crippen LogP contribution in [0.1, 0.15) is 35.1 Å². The average Bonchev–Trinajstić information content (AvgIpc) is 2.81. The van der Waals surface area contributed by atoms with Gasteiger partial charge in [-0.3, -0.25) is 4.79 Å². The molecule has 1 atom stereocenters. The van der Waals surface area contributed by atoms with E-state index < -0.39 is 0 Å². The van der Waals surface area contributed by atoms with Gasteiger partial charge in [0.2, 0.25) is 0 Å². The fraction of sp³-hybridized carbons (Fsp3) is 0.107. The Morgan fingerprint density at radius 2 is 1.13 bits per heavy atom. The minimum absolute atomic E-state index is 0.0655. The Kier molecular flexibility index (Phi) is 6.44. The van der Waals surface area contributed by atoms with Crippen LogP contribution in [0.25, 0.3) is 0 Å². The Labute approximate surface area is 182 Å². The fourth-order valence-corrected chi connectivity index (χ4v) is 3.61. The zero-order valence-corrected chi connectivity index (χ0v) is 17.4. The van der Waals surface area contributed by atoms with Crippen LogP contribution < -0.4 is 9.47 Å². The molecule has 0 heterocycles. The monoisotopic (exact) mass is 408 g/mol. The Bertz CT molecular complexity index is 1100. The lowest BCUT2D eigenvalue weighted by Crippen LogP contribution is -2.05. The third-order valence-corrected chi connectivity index (χ3v) is 5.07. The number of rotatable bonds is 7. The number of ether oxygens (including phenoxy) is 2. The molecule has 0 N–H and O–H groups in total. The normalized spacial score (nSPS) is 11.5. The van der Waals surface area contributed by atoms with E-state index in [1.165, 1.54) is 18.1 Å². The molecular weight excluding hydrogens is 384 g/mol. The summed E-state index contributed by atoms with van der Waals surface area (Å²) in [6.07, 6.45) is 0. The summed E-state index contributed by atoms with van der Waals surface area (Å²) in [6, 6.07) is 36.5. The number of carbonyl (C=O) groups excluding carboxylic acids is 1. The zero-order chi connectivity index (χ0) is 21.5. The topological polar surface area (TPSA) is 35.5 Å². The highest BCUT2D eigenvalue weighted by molar-refractivity contribution is 5.69. The van der Waals surface area contributed by atoms with E-state index >= 15 is 0 Å². The second kappa shape index (κ2) is 9.77. The molecule has 0 radical (unpaired) electrons. The summed E-state index contributed by atoms with van der Waals surface area (Å²) in [6.45, 7) is 1.95. The molecule has 0 spiro atoms. The maximum atomic E-state index is 11.2. The van der Waals surface area contributed by atoms with Crippen molar-refractivity contribution in [1.29, 1.82) is 0 Å². The van der Waals surface area contributed by atoms with Gasteiger partial charge >= 0.3 is 5.97 Å². The van der Waals surface area contributed by atoms with Gasteiger partial charge in [-0.25, -0.2) is 0 Å². The van der Waals surface area contributed by atoms with Crippen molar-refractivity contribution in [2.75, 3.05) is 0 Å². The minimum atomic E-state index is -0.321. The minimum Gasteiger partial charge on any atom is -0.489 e. The predicted octanol–water partition coefficient (Wildman–Crippen LogP) is 6.37. The third kappa shape index (κ3) is 5.40. The average molecular weight is 408 g/mol. The highest BCUT2D eigenvalue weighted by Crippen LogP contribution is 2.33. The summed E-state index contributed by atoms with van der Waals surface area (Å²) < 4.78 is 11.1. The van der Waals surface area contributed by atoms with Crippen LogP contribution in [0.3, 0.4) is 0 Å². The molecule has 0 amide bonds. The number of carbonyl (C=O) groups is 1. The van der Waals surface area contributed by atoms with Crippen LogP contribution in [-0.4, -0.2) is 5.97 Å². The molecule has 3 heteroatoms. The van der Waals surface area contributed by atoms with Gasteiger partial charge in [0.05, 0.1) is 0 Å². The third-order valence-electron chi connectivity index (χ3n) is 5.07. The standard InChI is InChI=1S/C28H24O3/c1-21(29)31-27-18-14-25(15-19-27)28(23-10-6-3-7-11-23)24-12-16-26(17-13-24)30-20-22-8-4-2-5-9-22/h2-19,28H,20H2,1H3. The Hall–Kier alpha value is -3.85. The quantitative estimate of drug-likeness (QED) is 0.202. The molecule has 4 aromatic carbocycles. The van der Waals surface area contributed by atoms with E-state index in [0.29, 0.717) is 12.4 Å². The van der Waals surface area contributed by atoms with E-state index in [0.717, 1.165) is 16.9 Å². The van der Waals surface area contributed by atoms with Gasteiger partial charge in [-0.15, -0.1) is 0 Å². The summed E-state index contributed by atoms with van der Waals surface area (Å²) in [4.78, 5) is 11.2. The smallest absolute Gasteiger partial charge is 0.308 e. The van der Waals surface area contributed by atoms with E-state index in [1.807, 2.05) is 72.8 Å². The molecule has 0 bridgehead atoms. The first-order chi connectivity index (χ1) is 15.2. The number of esters is 1. The van der Waals surface area contributed by atoms with Crippen LogP contribution in [0.2, 0.25) is 0 Å². The van der Waals surface area contributed by atoms with E-state index in [4.69, 9.17) is 9.47 Å². The maximum absolute atomic E-state index is 11.2.